The van der Waals surface area contributed by atoms with E-state index in [1.54, 1.807) is 0 Å². The summed E-state index contributed by atoms with van der Waals surface area (Å²) in [4.78, 5) is 14.2. The molecule has 0 fully saturated rings. The predicted molar refractivity (Wildman–Crippen MR) is 80.7 cm³/mol. The fourth-order valence-corrected chi connectivity index (χ4v) is 3.43. The molecule has 6 nitrogen and oxygen atoms in total. The second-order valence-electron chi connectivity index (χ2n) is 4.85. The molecule has 1 N–H and O–H groups in total. The van der Waals surface area contributed by atoms with Crippen molar-refractivity contribution in [3.05, 3.63) is 18.0 Å². The van der Waals surface area contributed by atoms with Crippen LogP contribution in [0.2, 0.25) is 0 Å². The van der Waals surface area contributed by atoms with E-state index in [9.17, 15) is 13.2 Å². The lowest BCUT2D eigenvalue weighted by Gasteiger charge is -2.21. The molecule has 0 radical (unpaired) electrons. The molecule has 21 heavy (non-hydrogen) atoms. The Hall–Kier alpha value is -1.34. The van der Waals surface area contributed by atoms with Crippen molar-refractivity contribution in [1.29, 1.82) is 0 Å². The maximum absolute atomic E-state index is 12.6. The number of sulfonamides is 1. The fourth-order valence-electron chi connectivity index (χ4n) is 1.92. The van der Waals surface area contributed by atoms with Crippen molar-refractivity contribution in [2.45, 2.75) is 44.4 Å². The number of aromatic nitrogens is 1. The Morgan fingerprint density at radius 2 is 1.81 bits per heavy atom. The summed E-state index contributed by atoms with van der Waals surface area (Å²) in [6.07, 6.45) is 4.83. The summed E-state index contributed by atoms with van der Waals surface area (Å²) in [5.74, 6) is -0.579. The first-order valence-corrected chi connectivity index (χ1v) is 8.68. The third kappa shape index (κ3) is 4.57. The number of hydrogen-bond donors (Lipinski definition) is 1. The third-order valence-electron chi connectivity index (χ3n) is 3.22. The molecule has 0 unspecified atom stereocenters. The van der Waals surface area contributed by atoms with Crippen molar-refractivity contribution in [3.63, 3.8) is 0 Å². The third-order valence-corrected chi connectivity index (χ3v) is 5.10. The van der Waals surface area contributed by atoms with Gasteiger partial charge in [-0.25, -0.2) is 13.2 Å². The van der Waals surface area contributed by atoms with Gasteiger partial charge in [0.05, 0.1) is 7.11 Å². The number of nitrogens with zero attached hydrogens (tertiary/aromatic N) is 1. The molecule has 7 heteroatoms. The van der Waals surface area contributed by atoms with E-state index in [-0.39, 0.29) is 10.6 Å². The quantitative estimate of drug-likeness (QED) is 0.709. The van der Waals surface area contributed by atoms with Crippen LogP contribution in [0.5, 0.6) is 0 Å². The van der Waals surface area contributed by atoms with Gasteiger partial charge in [-0.15, -0.1) is 0 Å². The molecule has 1 rings (SSSR count). The van der Waals surface area contributed by atoms with E-state index < -0.39 is 16.0 Å². The highest BCUT2D eigenvalue weighted by Crippen LogP contribution is 2.18. The lowest BCUT2D eigenvalue weighted by molar-refractivity contribution is 0.0595. The second kappa shape index (κ2) is 8.19. The van der Waals surface area contributed by atoms with Gasteiger partial charge in [-0.2, -0.15) is 4.31 Å². The maximum Gasteiger partial charge on any atom is 0.354 e. The molecular formula is C14H24N2O4S. The van der Waals surface area contributed by atoms with E-state index in [0.717, 1.165) is 25.7 Å². The van der Waals surface area contributed by atoms with Crippen LogP contribution < -0.4 is 0 Å². The fraction of sp³-hybridized carbons (Fsp3) is 0.643. The first kappa shape index (κ1) is 17.7. The minimum absolute atomic E-state index is 0.107. The van der Waals surface area contributed by atoms with Crippen LogP contribution in [0.4, 0.5) is 0 Å². The number of hydrogen-bond acceptors (Lipinski definition) is 4. The molecule has 0 aliphatic heterocycles. The van der Waals surface area contributed by atoms with E-state index in [2.05, 4.69) is 9.72 Å². The van der Waals surface area contributed by atoms with Gasteiger partial charge in [0.25, 0.3) is 0 Å². The molecule has 0 aromatic carbocycles. The number of nitrogens with one attached hydrogen (secondary N) is 1. The molecule has 0 bridgehead atoms. The molecule has 0 atom stereocenters. The number of carbonyl (C=O) groups excluding carboxylic acids is 1. The Bertz CT molecular complexity index is 543. The molecule has 0 aliphatic rings. The van der Waals surface area contributed by atoms with Crippen molar-refractivity contribution in [1.82, 2.24) is 9.29 Å². The highest BCUT2D eigenvalue weighted by Gasteiger charge is 2.25. The molecule has 1 aromatic rings. The van der Waals surface area contributed by atoms with Gasteiger partial charge >= 0.3 is 5.97 Å². The summed E-state index contributed by atoms with van der Waals surface area (Å²) in [6.45, 7) is 5.04. The average molecular weight is 316 g/mol. The maximum atomic E-state index is 12.6. The van der Waals surface area contributed by atoms with Crippen molar-refractivity contribution < 1.29 is 17.9 Å². The standard InChI is InChI=1S/C14H24N2O4S/c1-4-6-8-16(9-7-5-2)21(18,19)12-10-13(15-11-12)14(17)20-3/h10-11,15H,4-9H2,1-3H3. The highest BCUT2D eigenvalue weighted by atomic mass is 32.2. The lowest BCUT2D eigenvalue weighted by atomic mass is 10.3. The van der Waals surface area contributed by atoms with Crippen LogP contribution in [0, 0.1) is 0 Å². The van der Waals surface area contributed by atoms with Gasteiger partial charge in [0.1, 0.15) is 10.6 Å². The van der Waals surface area contributed by atoms with Gasteiger partial charge in [-0.3, -0.25) is 0 Å². The van der Waals surface area contributed by atoms with Crippen LogP contribution in [0.3, 0.4) is 0 Å². The predicted octanol–water partition coefficient (Wildman–Crippen LogP) is 2.39. The van der Waals surface area contributed by atoms with E-state index in [1.165, 1.54) is 23.7 Å². The Morgan fingerprint density at radius 1 is 1.24 bits per heavy atom. The van der Waals surface area contributed by atoms with Crippen LogP contribution in [0.25, 0.3) is 0 Å². The SMILES string of the molecule is CCCCN(CCCC)S(=O)(=O)c1c[nH]c(C(=O)OC)c1. The average Bonchev–Trinajstić information content (AvgIpc) is 2.97. The molecule has 0 amide bonds. The van der Waals surface area contributed by atoms with Gasteiger partial charge in [0.2, 0.25) is 10.0 Å². The van der Waals surface area contributed by atoms with Crippen LogP contribution >= 0.6 is 0 Å². The van der Waals surface area contributed by atoms with E-state index in [4.69, 9.17) is 0 Å². The number of aromatic amines is 1. The molecule has 0 aliphatic carbocycles. The minimum atomic E-state index is -3.57. The normalized spacial score (nSPS) is 11.8. The zero-order chi connectivity index (χ0) is 15.9. The topological polar surface area (TPSA) is 79.5 Å². The Balaban J connectivity index is 2.98. The Morgan fingerprint density at radius 3 is 2.29 bits per heavy atom. The number of ether oxygens (including phenoxy) is 1. The van der Waals surface area contributed by atoms with Crippen molar-refractivity contribution in [2.75, 3.05) is 20.2 Å². The molecule has 0 saturated heterocycles. The molecule has 120 valence electrons. The van der Waals surface area contributed by atoms with Crippen LogP contribution in [0.15, 0.2) is 17.2 Å². The van der Waals surface area contributed by atoms with Crippen molar-refractivity contribution >= 4 is 16.0 Å². The highest BCUT2D eigenvalue weighted by molar-refractivity contribution is 7.89. The number of H-pyrrole nitrogens is 1. The summed E-state index contributed by atoms with van der Waals surface area (Å²) in [5.41, 5.74) is 0.141. The Labute approximate surface area is 126 Å². The summed E-state index contributed by atoms with van der Waals surface area (Å²) < 4.78 is 31.3. The Kier molecular flexibility index (Phi) is 6.91. The molecule has 0 saturated carbocycles. The minimum Gasteiger partial charge on any atom is -0.464 e. The molecular weight excluding hydrogens is 292 g/mol. The zero-order valence-corrected chi connectivity index (χ0v) is 13.7. The van der Waals surface area contributed by atoms with Gasteiger partial charge in [0.15, 0.2) is 0 Å². The lowest BCUT2D eigenvalue weighted by Crippen LogP contribution is -2.32. The van der Waals surface area contributed by atoms with Crippen molar-refractivity contribution in [2.24, 2.45) is 0 Å². The summed E-state index contributed by atoms with van der Waals surface area (Å²) in [7, 11) is -2.32. The summed E-state index contributed by atoms with van der Waals surface area (Å²) >= 11 is 0. The van der Waals surface area contributed by atoms with E-state index >= 15 is 0 Å². The van der Waals surface area contributed by atoms with Gasteiger partial charge in [-0.05, 0) is 18.9 Å². The monoisotopic (exact) mass is 316 g/mol. The largest absolute Gasteiger partial charge is 0.464 e. The smallest absolute Gasteiger partial charge is 0.354 e. The van der Waals surface area contributed by atoms with Gasteiger partial charge in [-0.1, -0.05) is 26.7 Å². The summed E-state index contributed by atoms with van der Waals surface area (Å²) in [5, 5.41) is 0. The molecule has 0 spiro atoms. The number of methoxy groups -OCH3 is 1. The second-order valence-corrected chi connectivity index (χ2v) is 6.79. The van der Waals surface area contributed by atoms with Crippen LogP contribution in [-0.2, 0) is 14.8 Å². The number of rotatable bonds is 9. The van der Waals surface area contributed by atoms with Crippen molar-refractivity contribution in [3.8, 4) is 0 Å². The van der Waals surface area contributed by atoms with Gasteiger partial charge < -0.3 is 9.72 Å². The first-order chi connectivity index (χ1) is 9.97. The number of unbranched alkanes of at least 4 members (excludes halogenated alkanes) is 2. The van der Waals surface area contributed by atoms with Gasteiger partial charge in [0, 0.05) is 19.3 Å². The van der Waals surface area contributed by atoms with Crippen LogP contribution in [-0.4, -0.2) is 43.9 Å². The summed E-state index contributed by atoms with van der Waals surface area (Å²) in [6, 6.07) is 1.33. The molecule has 1 aromatic heterocycles. The van der Waals surface area contributed by atoms with Crippen LogP contribution in [0.1, 0.15) is 50.0 Å². The zero-order valence-electron chi connectivity index (χ0n) is 12.9. The van der Waals surface area contributed by atoms with E-state index in [0.29, 0.717) is 13.1 Å². The first-order valence-electron chi connectivity index (χ1n) is 7.24. The van der Waals surface area contributed by atoms with E-state index in [1.807, 2.05) is 13.8 Å². The number of carbonyl (C=O) groups is 1. The number of esters is 1. The molecule has 1 heterocycles.